The molecule has 0 spiro atoms. The van der Waals surface area contributed by atoms with E-state index in [1.165, 1.54) is 35.7 Å². The maximum absolute atomic E-state index is 15.3. The number of benzene rings is 1. The molecular weight excluding hydrogens is 487 g/mol. The van der Waals surface area contributed by atoms with Crippen molar-refractivity contribution in [3.05, 3.63) is 40.2 Å². The Hall–Kier alpha value is -2.15. The van der Waals surface area contributed by atoms with Crippen molar-refractivity contribution in [2.45, 2.75) is 23.9 Å². The second-order valence-electron chi connectivity index (χ2n) is 7.19. The third kappa shape index (κ3) is 4.86. The zero-order chi connectivity index (χ0) is 22.6. The van der Waals surface area contributed by atoms with E-state index in [9.17, 15) is 16.8 Å². The predicted molar refractivity (Wildman–Crippen MR) is 117 cm³/mol. The average molecular weight is 503 g/mol. The number of aromatic nitrogens is 3. The molecule has 0 saturated heterocycles. The van der Waals surface area contributed by atoms with Gasteiger partial charge in [-0.2, -0.15) is 0 Å². The summed E-state index contributed by atoms with van der Waals surface area (Å²) >= 11 is 7.42. The van der Waals surface area contributed by atoms with E-state index in [2.05, 4.69) is 19.7 Å². The highest BCUT2D eigenvalue weighted by Crippen LogP contribution is 2.47. The number of hydrogen-bond acceptors (Lipinski definition) is 8. The molecule has 2 heterocycles. The summed E-state index contributed by atoms with van der Waals surface area (Å²) in [6.07, 6.45) is 5.10. The summed E-state index contributed by atoms with van der Waals surface area (Å²) in [6, 6.07) is 4.03. The Labute approximate surface area is 187 Å². The van der Waals surface area contributed by atoms with Crippen molar-refractivity contribution in [1.82, 2.24) is 15.0 Å². The molecular formula is C18H16ClFN4O4S3. The molecule has 0 amide bonds. The van der Waals surface area contributed by atoms with E-state index in [1.807, 2.05) is 0 Å². The fourth-order valence-electron chi connectivity index (χ4n) is 2.88. The molecule has 1 aromatic carbocycles. The number of halogens is 2. The van der Waals surface area contributed by atoms with Crippen LogP contribution in [0.2, 0.25) is 5.02 Å². The highest BCUT2D eigenvalue weighted by atomic mass is 35.5. The quantitative estimate of drug-likeness (QED) is 0.510. The van der Waals surface area contributed by atoms with E-state index in [-0.39, 0.29) is 38.7 Å². The fraction of sp³-hybridized carbons (Fsp3) is 0.278. The fourth-order valence-corrected chi connectivity index (χ4v) is 5.38. The van der Waals surface area contributed by atoms with Crippen LogP contribution >= 0.6 is 22.9 Å². The number of nitrogens with one attached hydrogen (secondary N) is 1. The number of sulfonamides is 1. The van der Waals surface area contributed by atoms with Gasteiger partial charge in [0.2, 0.25) is 25.0 Å². The lowest BCUT2D eigenvalue weighted by Crippen LogP contribution is -2.11. The van der Waals surface area contributed by atoms with E-state index in [4.69, 9.17) is 11.6 Å². The zero-order valence-electron chi connectivity index (χ0n) is 16.3. The molecule has 3 aromatic rings. The van der Waals surface area contributed by atoms with Crippen LogP contribution in [-0.2, 0) is 19.9 Å². The van der Waals surface area contributed by atoms with Gasteiger partial charge in [0.25, 0.3) is 0 Å². The smallest absolute Gasteiger partial charge is 0.247 e. The zero-order valence-corrected chi connectivity index (χ0v) is 19.5. The summed E-state index contributed by atoms with van der Waals surface area (Å²) in [4.78, 5) is 13.0. The number of sulfone groups is 1. The van der Waals surface area contributed by atoms with Crippen LogP contribution in [0.4, 0.5) is 10.1 Å². The summed E-state index contributed by atoms with van der Waals surface area (Å²) in [7, 11) is -7.41. The van der Waals surface area contributed by atoms with Gasteiger partial charge in [0.15, 0.2) is 5.82 Å². The van der Waals surface area contributed by atoms with Crippen LogP contribution in [0, 0.1) is 5.82 Å². The minimum absolute atomic E-state index is 0.0173. The highest BCUT2D eigenvalue weighted by Gasteiger charge is 2.31. The molecule has 164 valence electrons. The molecule has 0 bridgehead atoms. The molecule has 8 nitrogen and oxygen atoms in total. The SMILES string of the molecule is CS(=O)(=O)Nc1cc(Cl)cc(-c2nc(C3CC3)sc2-c2ccnc(S(C)(=O)=O)n2)c1F. The van der Waals surface area contributed by atoms with E-state index in [1.54, 1.807) is 0 Å². The van der Waals surface area contributed by atoms with Gasteiger partial charge in [-0.05, 0) is 31.0 Å². The first kappa shape index (κ1) is 22.1. The van der Waals surface area contributed by atoms with Gasteiger partial charge in [0, 0.05) is 29.0 Å². The molecule has 1 aliphatic carbocycles. The van der Waals surface area contributed by atoms with Crippen LogP contribution in [0.15, 0.2) is 29.6 Å². The Kier molecular flexibility index (Phi) is 5.53. The predicted octanol–water partition coefficient (Wildman–Crippen LogP) is 3.71. The minimum Gasteiger partial charge on any atom is -0.281 e. The molecule has 0 aliphatic heterocycles. The van der Waals surface area contributed by atoms with E-state index in [0.717, 1.165) is 30.4 Å². The summed E-state index contributed by atoms with van der Waals surface area (Å²) in [5.74, 6) is -0.606. The highest BCUT2D eigenvalue weighted by molar-refractivity contribution is 7.92. The van der Waals surface area contributed by atoms with E-state index >= 15 is 4.39 Å². The molecule has 0 unspecified atom stereocenters. The molecule has 0 atom stereocenters. The van der Waals surface area contributed by atoms with Gasteiger partial charge in [-0.15, -0.1) is 11.3 Å². The Morgan fingerprint density at radius 2 is 1.87 bits per heavy atom. The molecule has 4 rings (SSSR count). The summed E-state index contributed by atoms with van der Waals surface area (Å²) in [5.41, 5.74) is 0.154. The van der Waals surface area contributed by atoms with Crippen LogP contribution in [0.5, 0.6) is 0 Å². The van der Waals surface area contributed by atoms with Gasteiger partial charge in [0.05, 0.1) is 33.2 Å². The molecule has 1 aliphatic rings. The Bertz CT molecular complexity index is 1400. The van der Waals surface area contributed by atoms with Crippen molar-refractivity contribution in [1.29, 1.82) is 0 Å². The van der Waals surface area contributed by atoms with Crippen molar-refractivity contribution < 1.29 is 21.2 Å². The monoisotopic (exact) mass is 502 g/mol. The van der Waals surface area contributed by atoms with E-state index < -0.39 is 25.7 Å². The van der Waals surface area contributed by atoms with Gasteiger partial charge < -0.3 is 0 Å². The summed E-state index contributed by atoms with van der Waals surface area (Å²) in [5, 5.41) is 0.513. The standard InChI is InChI=1S/C18H16ClFN4O4S3/c1-30(25,26)18-21-6-5-12(22-18)16-15(23-17(29-16)9-3-4-9)11-7-10(19)8-13(14(11)20)24-31(2,27)28/h5-9,24H,3-4H2,1-2H3. The van der Waals surface area contributed by atoms with Crippen molar-refractivity contribution >= 4 is 48.5 Å². The first-order valence-corrected chi connectivity index (χ1v) is 13.9. The van der Waals surface area contributed by atoms with Crippen LogP contribution in [-0.4, -0.2) is 44.3 Å². The molecule has 31 heavy (non-hydrogen) atoms. The normalized spacial score (nSPS) is 14.6. The Morgan fingerprint density at radius 3 is 2.48 bits per heavy atom. The first-order valence-electron chi connectivity index (χ1n) is 8.94. The number of nitrogens with zero attached hydrogens (tertiary/aromatic N) is 3. The lowest BCUT2D eigenvalue weighted by molar-refractivity contribution is 0.593. The molecule has 2 aromatic heterocycles. The topological polar surface area (TPSA) is 119 Å². The Morgan fingerprint density at radius 1 is 1.16 bits per heavy atom. The molecule has 13 heteroatoms. The molecule has 0 radical (unpaired) electrons. The minimum atomic E-state index is -3.75. The van der Waals surface area contributed by atoms with Crippen molar-refractivity contribution in [2.24, 2.45) is 0 Å². The lowest BCUT2D eigenvalue weighted by Gasteiger charge is -2.11. The van der Waals surface area contributed by atoms with E-state index in [0.29, 0.717) is 4.88 Å². The third-order valence-electron chi connectivity index (χ3n) is 4.36. The van der Waals surface area contributed by atoms with Gasteiger partial charge in [0.1, 0.15) is 0 Å². The number of hydrogen-bond donors (Lipinski definition) is 1. The van der Waals surface area contributed by atoms with Gasteiger partial charge >= 0.3 is 0 Å². The summed E-state index contributed by atoms with van der Waals surface area (Å²) < 4.78 is 64.5. The second kappa shape index (κ2) is 7.76. The van der Waals surface area contributed by atoms with Crippen LogP contribution in [0.1, 0.15) is 23.8 Å². The van der Waals surface area contributed by atoms with Crippen molar-refractivity contribution in [2.75, 3.05) is 17.2 Å². The molecule has 1 N–H and O–H groups in total. The molecule has 1 fully saturated rings. The average Bonchev–Trinajstić information content (AvgIpc) is 3.41. The summed E-state index contributed by atoms with van der Waals surface area (Å²) in [6.45, 7) is 0. The van der Waals surface area contributed by atoms with Crippen molar-refractivity contribution in [3.8, 4) is 21.8 Å². The van der Waals surface area contributed by atoms with Crippen LogP contribution < -0.4 is 4.72 Å². The maximum Gasteiger partial charge on any atom is 0.247 e. The van der Waals surface area contributed by atoms with Crippen molar-refractivity contribution in [3.63, 3.8) is 0 Å². The second-order valence-corrected chi connectivity index (χ2v) is 12.3. The lowest BCUT2D eigenvalue weighted by atomic mass is 10.1. The molecule has 1 saturated carbocycles. The van der Waals surface area contributed by atoms with Gasteiger partial charge in [-0.1, -0.05) is 11.6 Å². The third-order valence-corrected chi connectivity index (χ3v) is 7.27. The number of anilines is 1. The first-order chi connectivity index (χ1) is 14.4. The van der Waals surface area contributed by atoms with Gasteiger partial charge in [-0.25, -0.2) is 36.2 Å². The largest absolute Gasteiger partial charge is 0.281 e. The van der Waals surface area contributed by atoms with Crippen LogP contribution in [0.25, 0.3) is 21.8 Å². The Balaban J connectivity index is 1.93. The van der Waals surface area contributed by atoms with Crippen LogP contribution in [0.3, 0.4) is 0 Å². The number of thiazole rings is 1. The maximum atomic E-state index is 15.3. The van der Waals surface area contributed by atoms with Gasteiger partial charge in [-0.3, -0.25) is 4.72 Å². The number of rotatable bonds is 6.